The molecule has 0 atom stereocenters. The molecule has 0 fully saturated rings. The summed E-state index contributed by atoms with van der Waals surface area (Å²) in [6.07, 6.45) is 0. The number of rotatable bonds is 0. The first kappa shape index (κ1) is 8.91. The Labute approximate surface area is 73.6 Å². The lowest BCUT2D eigenvalue weighted by molar-refractivity contribution is 0.323. The van der Waals surface area contributed by atoms with E-state index in [9.17, 15) is 0 Å². The highest BCUT2D eigenvalue weighted by molar-refractivity contribution is 5.57. The van der Waals surface area contributed by atoms with Gasteiger partial charge in [-0.2, -0.15) is 0 Å². The summed E-state index contributed by atoms with van der Waals surface area (Å²) in [4.78, 5) is 0. The van der Waals surface area contributed by atoms with Crippen molar-refractivity contribution >= 4 is 5.69 Å². The highest BCUT2D eigenvalue weighted by Gasteiger charge is 2.05. The number of anilines is 1. The van der Waals surface area contributed by atoms with Gasteiger partial charge in [0.1, 0.15) is 12.4 Å². The maximum absolute atomic E-state index is 5.36. The molecule has 2 nitrogen and oxygen atoms in total. The van der Waals surface area contributed by atoms with E-state index in [1.54, 1.807) is 0 Å². The number of hydrogen-bond donors (Lipinski definition) is 1. The summed E-state index contributed by atoms with van der Waals surface area (Å²) in [7, 11) is 0. The molecule has 0 bridgehead atoms. The largest absolute Gasteiger partial charge is 0.490 e. The first-order valence-electron chi connectivity index (χ1n) is 4.42. The quantitative estimate of drug-likeness (QED) is 0.637. The van der Waals surface area contributed by atoms with Crippen molar-refractivity contribution in [1.82, 2.24) is 0 Å². The number of fused-ring (bicyclic) bond motifs is 1. The Morgan fingerprint density at radius 1 is 1.25 bits per heavy atom. The van der Waals surface area contributed by atoms with Gasteiger partial charge in [0.15, 0.2) is 0 Å². The third kappa shape index (κ3) is 1.91. The van der Waals surface area contributed by atoms with Crippen LogP contribution in [0.2, 0.25) is 0 Å². The summed E-state index contributed by atoms with van der Waals surface area (Å²) in [5.74, 6) is 0.966. The van der Waals surface area contributed by atoms with Crippen molar-refractivity contribution in [3.63, 3.8) is 0 Å². The second-order valence-corrected chi connectivity index (χ2v) is 2.27. The highest BCUT2D eigenvalue weighted by Crippen LogP contribution is 2.25. The lowest BCUT2D eigenvalue weighted by Gasteiger charge is -2.17. The van der Waals surface area contributed by atoms with Crippen molar-refractivity contribution in [2.45, 2.75) is 13.8 Å². The van der Waals surface area contributed by atoms with Gasteiger partial charge in [-0.1, -0.05) is 26.0 Å². The van der Waals surface area contributed by atoms with Crippen molar-refractivity contribution in [3.8, 4) is 5.75 Å². The first-order valence-corrected chi connectivity index (χ1v) is 4.42. The van der Waals surface area contributed by atoms with Crippen LogP contribution in [-0.4, -0.2) is 13.2 Å². The Hall–Kier alpha value is -1.18. The van der Waals surface area contributed by atoms with Gasteiger partial charge >= 0.3 is 0 Å². The zero-order valence-electron chi connectivity index (χ0n) is 7.63. The smallest absolute Gasteiger partial charge is 0.142 e. The van der Waals surface area contributed by atoms with Crippen LogP contribution in [0.5, 0.6) is 5.75 Å². The summed E-state index contributed by atoms with van der Waals surface area (Å²) in [6.45, 7) is 5.69. The van der Waals surface area contributed by atoms with Crippen LogP contribution in [0.25, 0.3) is 0 Å². The first-order chi connectivity index (χ1) is 5.97. The van der Waals surface area contributed by atoms with Gasteiger partial charge in [-0.3, -0.25) is 0 Å². The molecule has 0 saturated heterocycles. The summed E-state index contributed by atoms with van der Waals surface area (Å²) < 4.78 is 5.36. The molecule has 0 saturated carbocycles. The highest BCUT2D eigenvalue weighted by atomic mass is 16.5. The van der Waals surface area contributed by atoms with Gasteiger partial charge in [0, 0.05) is 6.54 Å². The van der Waals surface area contributed by atoms with E-state index in [1.165, 1.54) is 0 Å². The predicted molar refractivity (Wildman–Crippen MR) is 51.8 cm³/mol. The van der Waals surface area contributed by atoms with E-state index in [2.05, 4.69) is 5.32 Å². The molecular formula is C10H15NO. The Balaban J connectivity index is 0.000000336. The molecule has 1 aromatic carbocycles. The molecule has 0 spiro atoms. The maximum Gasteiger partial charge on any atom is 0.142 e. The molecule has 2 rings (SSSR count). The number of ether oxygens (including phenoxy) is 1. The number of para-hydroxylation sites is 2. The summed E-state index contributed by atoms with van der Waals surface area (Å²) in [5.41, 5.74) is 1.11. The fourth-order valence-electron chi connectivity index (χ4n) is 1.09. The van der Waals surface area contributed by atoms with Crippen LogP contribution in [0.15, 0.2) is 24.3 Å². The van der Waals surface area contributed by atoms with Crippen LogP contribution in [-0.2, 0) is 0 Å². The van der Waals surface area contributed by atoms with Gasteiger partial charge in [0.2, 0.25) is 0 Å². The van der Waals surface area contributed by atoms with Crippen LogP contribution >= 0.6 is 0 Å². The zero-order chi connectivity index (χ0) is 8.81. The van der Waals surface area contributed by atoms with Crippen LogP contribution in [0.3, 0.4) is 0 Å². The van der Waals surface area contributed by atoms with Gasteiger partial charge in [-0.15, -0.1) is 0 Å². The molecule has 1 N–H and O–H groups in total. The third-order valence-electron chi connectivity index (χ3n) is 1.56. The summed E-state index contributed by atoms with van der Waals surface area (Å²) in [5, 5.41) is 3.24. The Bertz CT molecular complexity index is 210. The Morgan fingerprint density at radius 2 is 2.00 bits per heavy atom. The SMILES string of the molecule is CC.c1ccc2c(c1)NCCO2. The fraction of sp³-hybridized carbons (Fsp3) is 0.400. The molecule has 0 aliphatic carbocycles. The van der Waals surface area contributed by atoms with E-state index >= 15 is 0 Å². The lowest BCUT2D eigenvalue weighted by atomic mass is 10.3. The van der Waals surface area contributed by atoms with Crippen LogP contribution in [0, 0.1) is 0 Å². The lowest BCUT2D eigenvalue weighted by Crippen LogP contribution is -2.17. The average Bonchev–Trinajstić information content (AvgIpc) is 2.21. The van der Waals surface area contributed by atoms with Gasteiger partial charge in [-0.25, -0.2) is 0 Å². The molecule has 1 aromatic rings. The second kappa shape index (κ2) is 4.65. The summed E-state index contributed by atoms with van der Waals surface area (Å²) in [6, 6.07) is 7.97. The van der Waals surface area contributed by atoms with Gasteiger partial charge in [0.25, 0.3) is 0 Å². The van der Waals surface area contributed by atoms with Crippen LogP contribution < -0.4 is 10.1 Å². The number of hydrogen-bond acceptors (Lipinski definition) is 2. The van der Waals surface area contributed by atoms with Gasteiger partial charge in [0.05, 0.1) is 5.69 Å². The summed E-state index contributed by atoms with van der Waals surface area (Å²) >= 11 is 0. The van der Waals surface area contributed by atoms with E-state index in [4.69, 9.17) is 4.74 Å². The normalized spacial score (nSPS) is 12.8. The molecule has 12 heavy (non-hydrogen) atoms. The Kier molecular flexibility index (Phi) is 3.45. The zero-order valence-corrected chi connectivity index (χ0v) is 7.63. The van der Waals surface area contributed by atoms with Crippen molar-refractivity contribution in [2.75, 3.05) is 18.5 Å². The fourth-order valence-corrected chi connectivity index (χ4v) is 1.09. The maximum atomic E-state index is 5.36. The second-order valence-electron chi connectivity index (χ2n) is 2.27. The minimum absolute atomic E-state index is 0.775. The Morgan fingerprint density at radius 3 is 2.75 bits per heavy atom. The topological polar surface area (TPSA) is 21.3 Å². The van der Waals surface area contributed by atoms with Crippen molar-refractivity contribution < 1.29 is 4.74 Å². The van der Waals surface area contributed by atoms with Crippen molar-refractivity contribution in [2.24, 2.45) is 0 Å². The number of nitrogens with one attached hydrogen (secondary N) is 1. The number of benzene rings is 1. The van der Waals surface area contributed by atoms with E-state index < -0.39 is 0 Å². The van der Waals surface area contributed by atoms with E-state index in [1.807, 2.05) is 38.1 Å². The van der Waals surface area contributed by atoms with Gasteiger partial charge < -0.3 is 10.1 Å². The van der Waals surface area contributed by atoms with E-state index in [0.717, 1.165) is 24.6 Å². The van der Waals surface area contributed by atoms with Crippen LogP contribution in [0.4, 0.5) is 5.69 Å². The monoisotopic (exact) mass is 165 g/mol. The van der Waals surface area contributed by atoms with Gasteiger partial charge in [-0.05, 0) is 12.1 Å². The molecule has 0 amide bonds. The van der Waals surface area contributed by atoms with Crippen molar-refractivity contribution in [3.05, 3.63) is 24.3 Å². The molecule has 0 unspecified atom stereocenters. The molecule has 2 heteroatoms. The van der Waals surface area contributed by atoms with E-state index in [-0.39, 0.29) is 0 Å². The molecular weight excluding hydrogens is 150 g/mol. The predicted octanol–water partition coefficient (Wildman–Crippen LogP) is 2.52. The molecule has 0 radical (unpaired) electrons. The standard InChI is InChI=1S/C8H9NO.C2H6/c1-2-4-8-7(3-1)9-5-6-10-8;1-2/h1-4,9H,5-6H2;1-2H3. The molecule has 1 heterocycles. The van der Waals surface area contributed by atoms with Crippen LogP contribution in [0.1, 0.15) is 13.8 Å². The average molecular weight is 165 g/mol. The molecule has 1 aliphatic heterocycles. The van der Waals surface area contributed by atoms with E-state index in [0.29, 0.717) is 0 Å². The molecule has 66 valence electrons. The molecule has 1 aliphatic rings. The van der Waals surface area contributed by atoms with Crippen molar-refractivity contribution in [1.29, 1.82) is 0 Å². The minimum atomic E-state index is 0.775. The minimum Gasteiger partial charge on any atom is -0.490 e. The molecule has 0 aromatic heterocycles. The third-order valence-corrected chi connectivity index (χ3v) is 1.56.